The van der Waals surface area contributed by atoms with Crippen LogP contribution in [0.5, 0.6) is 5.75 Å². The Bertz CT molecular complexity index is 489. The van der Waals surface area contributed by atoms with Crippen molar-refractivity contribution in [1.82, 2.24) is 0 Å². The Labute approximate surface area is 110 Å². The SMILES string of the molecule is CC(=O)Oc1ccc(C(=O)OC2CC=COC2)cc1. The second-order valence-electron chi connectivity index (χ2n) is 4.09. The van der Waals surface area contributed by atoms with Crippen LogP contribution in [-0.4, -0.2) is 24.6 Å². The van der Waals surface area contributed by atoms with E-state index in [0.717, 1.165) is 0 Å². The number of esters is 2. The summed E-state index contributed by atoms with van der Waals surface area (Å²) in [5, 5.41) is 0. The molecule has 1 aromatic carbocycles. The largest absolute Gasteiger partial charge is 0.498 e. The first-order valence-corrected chi connectivity index (χ1v) is 5.91. The molecule has 5 nitrogen and oxygen atoms in total. The molecule has 1 heterocycles. The molecule has 1 atom stereocenters. The molecule has 0 saturated heterocycles. The first-order valence-electron chi connectivity index (χ1n) is 5.91. The number of rotatable bonds is 3. The average molecular weight is 262 g/mol. The summed E-state index contributed by atoms with van der Waals surface area (Å²) in [5.41, 5.74) is 0.408. The van der Waals surface area contributed by atoms with Gasteiger partial charge in [0, 0.05) is 13.3 Å². The van der Waals surface area contributed by atoms with Crippen LogP contribution in [0.3, 0.4) is 0 Å². The van der Waals surface area contributed by atoms with Crippen molar-refractivity contribution < 1.29 is 23.8 Å². The fourth-order valence-corrected chi connectivity index (χ4v) is 1.63. The van der Waals surface area contributed by atoms with Gasteiger partial charge in [-0.1, -0.05) is 0 Å². The van der Waals surface area contributed by atoms with Crippen LogP contribution in [0.2, 0.25) is 0 Å². The van der Waals surface area contributed by atoms with Crippen molar-refractivity contribution >= 4 is 11.9 Å². The van der Waals surface area contributed by atoms with Gasteiger partial charge in [0.15, 0.2) is 0 Å². The number of hydrogen-bond acceptors (Lipinski definition) is 5. The lowest BCUT2D eigenvalue weighted by Crippen LogP contribution is -2.24. The summed E-state index contributed by atoms with van der Waals surface area (Å²) >= 11 is 0. The maximum Gasteiger partial charge on any atom is 0.338 e. The van der Waals surface area contributed by atoms with Crippen LogP contribution in [0.1, 0.15) is 23.7 Å². The predicted molar refractivity (Wildman–Crippen MR) is 66.7 cm³/mol. The number of carbonyl (C=O) groups is 2. The maximum absolute atomic E-state index is 11.8. The average Bonchev–Trinajstić information content (AvgIpc) is 2.40. The minimum Gasteiger partial charge on any atom is -0.498 e. The van der Waals surface area contributed by atoms with Crippen LogP contribution in [-0.2, 0) is 14.3 Å². The molecule has 5 heteroatoms. The quantitative estimate of drug-likeness (QED) is 0.616. The zero-order chi connectivity index (χ0) is 13.7. The summed E-state index contributed by atoms with van der Waals surface area (Å²) in [6.45, 7) is 1.69. The van der Waals surface area contributed by atoms with E-state index in [4.69, 9.17) is 14.2 Å². The van der Waals surface area contributed by atoms with E-state index in [9.17, 15) is 9.59 Å². The van der Waals surface area contributed by atoms with Crippen molar-refractivity contribution in [3.63, 3.8) is 0 Å². The van der Waals surface area contributed by atoms with E-state index in [1.807, 2.05) is 6.08 Å². The molecule has 0 aromatic heterocycles. The topological polar surface area (TPSA) is 61.8 Å². The highest BCUT2D eigenvalue weighted by molar-refractivity contribution is 5.89. The molecule has 100 valence electrons. The van der Waals surface area contributed by atoms with Crippen molar-refractivity contribution in [2.45, 2.75) is 19.4 Å². The second kappa shape index (κ2) is 6.04. The molecule has 1 unspecified atom stereocenters. The van der Waals surface area contributed by atoms with Crippen LogP contribution < -0.4 is 4.74 Å². The number of benzene rings is 1. The van der Waals surface area contributed by atoms with Gasteiger partial charge in [-0.15, -0.1) is 0 Å². The first kappa shape index (κ1) is 13.1. The molecule has 0 saturated carbocycles. The lowest BCUT2D eigenvalue weighted by molar-refractivity contribution is -0.131. The Kier molecular flexibility index (Phi) is 4.18. The Morgan fingerprint density at radius 1 is 1.26 bits per heavy atom. The standard InChI is InChI=1S/C14H14O5/c1-10(15)18-12-6-4-11(5-7-12)14(16)19-13-3-2-8-17-9-13/h2,4-8,13H,3,9H2,1H3. The summed E-state index contributed by atoms with van der Waals surface area (Å²) in [7, 11) is 0. The zero-order valence-electron chi connectivity index (χ0n) is 10.5. The molecule has 1 aromatic rings. The first-order chi connectivity index (χ1) is 9.15. The normalized spacial score (nSPS) is 17.4. The van der Waals surface area contributed by atoms with Gasteiger partial charge in [0.1, 0.15) is 18.5 Å². The summed E-state index contributed by atoms with van der Waals surface area (Å²) in [6, 6.07) is 6.21. The third-order valence-electron chi connectivity index (χ3n) is 2.50. The van der Waals surface area contributed by atoms with Gasteiger partial charge in [-0.3, -0.25) is 4.79 Å². The third-order valence-corrected chi connectivity index (χ3v) is 2.50. The van der Waals surface area contributed by atoms with Crippen molar-refractivity contribution in [2.75, 3.05) is 6.61 Å². The molecule has 0 spiro atoms. The molecule has 1 aliphatic heterocycles. The second-order valence-corrected chi connectivity index (χ2v) is 4.09. The zero-order valence-corrected chi connectivity index (χ0v) is 10.5. The number of ether oxygens (including phenoxy) is 3. The van der Waals surface area contributed by atoms with Gasteiger partial charge in [0.2, 0.25) is 0 Å². The highest BCUT2D eigenvalue weighted by Crippen LogP contribution is 2.15. The van der Waals surface area contributed by atoms with Crippen molar-refractivity contribution in [3.8, 4) is 5.75 Å². The van der Waals surface area contributed by atoms with Gasteiger partial charge < -0.3 is 14.2 Å². The van der Waals surface area contributed by atoms with Crippen molar-refractivity contribution in [2.24, 2.45) is 0 Å². The van der Waals surface area contributed by atoms with E-state index in [1.54, 1.807) is 30.5 Å². The fourth-order valence-electron chi connectivity index (χ4n) is 1.63. The van der Waals surface area contributed by atoms with Crippen LogP contribution in [0.15, 0.2) is 36.6 Å². The minimum atomic E-state index is -0.418. The summed E-state index contributed by atoms with van der Waals surface area (Å²) in [4.78, 5) is 22.6. The van der Waals surface area contributed by atoms with E-state index < -0.39 is 11.9 Å². The predicted octanol–water partition coefficient (Wildman–Crippen LogP) is 2.07. The molecule has 0 amide bonds. The highest BCUT2D eigenvalue weighted by Gasteiger charge is 2.17. The molecule has 19 heavy (non-hydrogen) atoms. The van der Waals surface area contributed by atoms with Gasteiger partial charge in [-0.2, -0.15) is 0 Å². The van der Waals surface area contributed by atoms with Crippen molar-refractivity contribution in [3.05, 3.63) is 42.2 Å². The number of hydrogen-bond donors (Lipinski definition) is 0. The molecular formula is C14H14O5. The van der Waals surface area contributed by atoms with Gasteiger partial charge in [0.25, 0.3) is 0 Å². The maximum atomic E-state index is 11.8. The van der Waals surface area contributed by atoms with E-state index in [0.29, 0.717) is 24.3 Å². The van der Waals surface area contributed by atoms with Crippen LogP contribution in [0, 0.1) is 0 Å². The lowest BCUT2D eigenvalue weighted by atomic mass is 10.2. The van der Waals surface area contributed by atoms with E-state index in [-0.39, 0.29) is 6.10 Å². The molecule has 0 N–H and O–H groups in total. The van der Waals surface area contributed by atoms with Crippen LogP contribution in [0.25, 0.3) is 0 Å². The molecule has 2 rings (SSSR count). The van der Waals surface area contributed by atoms with E-state index in [1.165, 1.54) is 6.92 Å². The molecule has 1 aliphatic rings. The Hall–Kier alpha value is -2.30. The number of carbonyl (C=O) groups excluding carboxylic acids is 2. The smallest absolute Gasteiger partial charge is 0.338 e. The van der Waals surface area contributed by atoms with E-state index in [2.05, 4.69) is 0 Å². The van der Waals surface area contributed by atoms with Gasteiger partial charge >= 0.3 is 11.9 Å². The molecule has 0 aliphatic carbocycles. The van der Waals surface area contributed by atoms with Crippen LogP contribution >= 0.6 is 0 Å². The molecular weight excluding hydrogens is 248 g/mol. The summed E-state index contributed by atoms with van der Waals surface area (Å²) in [6.07, 6.45) is 3.80. The Morgan fingerprint density at radius 3 is 2.58 bits per heavy atom. The lowest BCUT2D eigenvalue weighted by Gasteiger charge is -2.18. The van der Waals surface area contributed by atoms with E-state index >= 15 is 0 Å². The monoisotopic (exact) mass is 262 g/mol. The third kappa shape index (κ3) is 3.84. The van der Waals surface area contributed by atoms with Gasteiger partial charge in [-0.05, 0) is 30.3 Å². The van der Waals surface area contributed by atoms with Gasteiger partial charge in [-0.25, -0.2) is 4.79 Å². The highest BCUT2D eigenvalue weighted by atomic mass is 16.6. The van der Waals surface area contributed by atoms with Gasteiger partial charge in [0.05, 0.1) is 11.8 Å². The van der Waals surface area contributed by atoms with Crippen LogP contribution in [0.4, 0.5) is 0 Å². The Morgan fingerprint density at radius 2 is 2.00 bits per heavy atom. The minimum absolute atomic E-state index is 0.259. The van der Waals surface area contributed by atoms with Crippen molar-refractivity contribution in [1.29, 1.82) is 0 Å². The summed E-state index contributed by atoms with van der Waals surface area (Å²) in [5.74, 6) is -0.423. The fraction of sp³-hybridized carbons (Fsp3) is 0.286. The molecule has 0 fully saturated rings. The summed E-state index contributed by atoms with van der Waals surface area (Å²) < 4.78 is 15.2. The molecule has 0 bridgehead atoms. The Balaban J connectivity index is 1.95. The molecule has 0 radical (unpaired) electrons.